The number of rotatable bonds is 7. The molecule has 0 saturated carbocycles. The number of hydrogen-bond donors (Lipinski definition) is 2. The van der Waals surface area contributed by atoms with E-state index in [0.29, 0.717) is 5.56 Å². The molecule has 0 bridgehead atoms. The number of likely N-dealkylation sites (N-methyl/N-ethyl adjacent to an activating group) is 1. The number of benzene rings is 2. The first-order valence-corrected chi connectivity index (χ1v) is 9.06. The Bertz CT molecular complexity index is 864. The molecule has 0 saturated heterocycles. The molecule has 0 aromatic heterocycles. The molecular weight excluding hydrogens is 380 g/mol. The van der Waals surface area contributed by atoms with Crippen LogP contribution in [0.5, 0.6) is 5.75 Å². The third-order valence-corrected chi connectivity index (χ3v) is 4.29. The molecule has 29 heavy (non-hydrogen) atoms. The normalized spacial score (nSPS) is 10.6. The SMILES string of the molecule is Cc1cc(C)c(NC(=O)CN(C)C(=O)NCc2ccccc2OC(F)F)c(C)c1. The zero-order chi connectivity index (χ0) is 21.6. The molecule has 0 aliphatic carbocycles. The quantitative estimate of drug-likeness (QED) is 0.732. The number of para-hydroxylation sites is 1. The van der Waals surface area contributed by atoms with E-state index in [1.165, 1.54) is 18.0 Å². The number of nitrogens with zero attached hydrogens (tertiary/aromatic N) is 1. The van der Waals surface area contributed by atoms with Gasteiger partial charge in [0.2, 0.25) is 5.91 Å². The minimum Gasteiger partial charge on any atom is -0.434 e. The Kier molecular flexibility index (Phi) is 7.52. The lowest BCUT2D eigenvalue weighted by atomic mass is 10.1. The van der Waals surface area contributed by atoms with Crippen LogP contribution in [-0.2, 0) is 11.3 Å². The maximum absolute atomic E-state index is 12.5. The molecule has 0 aliphatic rings. The van der Waals surface area contributed by atoms with Gasteiger partial charge in [-0.2, -0.15) is 8.78 Å². The highest BCUT2D eigenvalue weighted by atomic mass is 19.3. The van der Waals surface area contributed by atoms with Crippen LogP contribution in [-0.4, -0.2) is 37.0 Å². The summed E-state index contributed by atoms with van der Waals surface area (Å²) in [6.45, 7) is 2.67. The summed E-state index contributed by atoms with van der Waals surface area (Å²) in [7, 11) is 1.48. The highest BCUT2D eigenvalue weighted by molar-refractivity contribution is 5.95. The van der Waals surface area contributed by atoms with Crippen molar-refractivity contribution in [1.29, 1.82) is 0 Å². The summed E-state index contributed by atoms with van der Waals surface area (Å²) in [6, 6.07) is 9.63. The summed E-state index contributed by atoms with van der Waals surface area (Å²) in [6.07, 6.45) is 0. The second-order valence-corrected chi connectivity index (χ2v) is 6.82. The van der Waals surface area contributed by atoms with Crippen molar-refractivity contribution in [3.63, 3.8) is 0 Å². The molecule has 2 aromatic carbocycles. The van der Waals surface area contributed by atoms with Crippen molar-refractivity contribution < 1.29 is 23.1 Å². The van der Waals surface area contributed by atoms with Gasteiger partial charge < -0.3 is 20.3 Å². The molecule has 0 radical (unpaired) electrons. The van der Waals surface area contributed by atoms with Gasteiger partial charge in [-0.05, 0) is 38.0 Å². The van der Waals surface area contributed by atoms with Crippen molar-refractivity contribution in [3.8, 4) is 5.75 Å². The molecule has 0 aliphatic heterocycles. The summed E-state index contributed by atoms with van der Waals surface area (Å²) in [5.74, 6) is -0.340. The fourth-order valence-electron chi connectivity index (χ4n) is 3.01. The molecule has 0 atom stereocenters. The van der Waals surface area contributed by atoms with Crippen LogP contribution in [0.3, 0.4) is 0 Å². The molecular formula is C21H25F2N3O3. The zero-order valence-corrected chi connectivity index (χ0v) is 16.9. The molecule has 0 unspecified atom stereocenters. The predicted molar refractivity (Wildman–Crippen MR) is 107 cm³/mol. The second-order valence-electron chi connectivity index (χ2n) is 6.82. The fraction of sp³-hybridized carbons (Fsp3) is 0.333. The molecule has 2 N–H and O–H groups in total. The van der Waals surface area contributed by atoms with Gasteiger partial charge in [-0.25, -0.2) is 4.79 Å². The average molecular weight is 405 g/mol. The first kappa shape index (κ1) is 22.1. The smallest absolute Gasteiger partial charge is 0.387 e. The monoisotopic (exact) mass is 405 g/mol. The molecule has 0 fully saturated rings. The highest BCUT2D eigenvalue weighted by Crippen LogP contribution is 2.22. The molecule has 2 rings (SSSR count). The van der Waals surface area contributed by atoms with Crippen molar-refractivity contribution in [2.75, 3.05) is 18.9 Å². The van der Waals surface area contributed by atoms with E-state index in [2.05, 4.69) is 15.4 Å². The number of carbonyl (C=O) groups excluding carboxylic acids is 2. The van der Waals surface area contributed by atoms with Crippen LogP contribution < -0.4 is 15.4 Å². The van der Waals surface area contributed by atoms with E-state index in [1.54, 1.807) is 18.2 Å². The molecule has 0 spiro atoms. The minimum absolute atomic E-state index is 0.00600. The minimum atomic E-state index is -2.95. The van der Waals surface area contributed by atoms with Crippen molar-refractivity contribution >= 4 is 17.6 Å². The molecule has 8 heteroatoms. The maximum Gasteiger partial charge on any atom is 0.387 e. The van der Waals surface area contributed by atoms with Gasteiger partial charge in [-0.1, -0.05) is 35.9 Å². The van der Waals surface area contributed by atoms with Crippen molar-refractivity contribution in [2.45, 2.75) is 33.9 Å². The highest BCUT2D eigenvalue weighted by Gasteiger charge is 2.16. The number of amides is 3. The topological polar surface area (TPSA) is 70.7 Å². The van der Waals surface area contributed by atoms with Crippen molar-refractivity contribution in [1.82, 2.24) is 10.2 Å². The lowest BCUT2D eigenvalue weighted by Crippen LogP contribution is -2.41. The molecule has 6 nitrogen and oxygen atoms in total. The summed E-state index contributed by atoms with van der Waals surface area (Å²) in [5, 5.41) is 5.43. The lowest BCUT2D eigenvalue weighted by Gasteiger charge is -2.19. The predicted octanol–water partition coefficient (Wildman–Crippen LogP) is 3.99. The van der Waals surface area contributed by atoms with E-state index in [1.807, 2.05) is 32.9 Å². The lowest BCUT2D eigenvalue weighted by molar-refractivity contribution is -0.116. The number of urea groups is 1. The van der Waals surface area contributed by atoms with Crippen LogP contribution in [0.25, 0.3) is 0 Å². The standard InChI is InChI=1S/C21H25F2N3O3/c1-13-9-14(2)19(15(3)10-13)25-18(27)12-26(4)21(28)24-11-16-7-5-6-8-17(16)29-20(22)23/h5-10,20H,11-12H2,1-4H3,(H,24,28)(H,25,27). The summed E-state index contributed by atoms with van der Waals surface area (Å²) < 4.78 is 29.4. The number of alkyl halides is 2. The van der Waals surface area contributed by atoms with Crippen LogP contribution in [0, 0.1) is 20.8 Å². The van der Waals surface area contributed by atoms with E-state index >= 15 is 0 Å². The van der Waals surface area contributed by atoms with Crippen LogP contribution >= 0.6 is 0 Å². The van der Waals surface area contributed by atoms with Crippen LogP contribution in [0.15, 0.2) is 36.4 Å². The van der Waals surface area contributed by atoms with Gasteiger partial charge in [0.05, 0.1) is 0 Å². The maximum atomic E-state index is 12.5. The van der Waals surface area contributed by atoms with E-state index < -0.39 is 12.6 Å². The Balaban J connectivity index is 1.92. The number of halogens is 2. The Hall–Kier alpha value is -3.16. The van der Waals surface area contributed by atoms with Crippen LogP contribution in [0.4, 0.5) is 19.3 Å². The third kappa shape index (κ3) is 6.44. The Labute approximate surface area is 168 Å². The van der Waals surface area contributed by atoms with Gasteiger partial charge in [0.1, 0.15) is 12.3 Å². The average Bonchev–Trinajstić information content (AvgIpc) is 2.63. The fourth-order valence-corrected chi connectivity index (χ4v) is 3.01. The number of carbonyl (C=O) groups is 2. The molecule has 3 amide bonds. The van der Waals surface area contributed by atoms with Gasteiger partial charge in [0, 0.05) is 24.8 Å². The number of ether oxygens (including phenoxy) is 1. The largest absolute Gasteiger partial charge is 0.434 e. The van der Waals surface area contributed by atoms with Gasteiger partial charge in [0.25, 0.3) is 0 Å². The Morgan fingerprint density at radius 1 is 1.10 bits per heavy atom. The van der Waals surface area contributed by atoms with E-state index in [4.69, 9.17) is 0 Å². The Morgan fingerprint density at radius 3 is 2.34 bits per heavy atom. The third-order valence-electron chi connectivity index (χ3n) is 4.29. The van der Waals surface area contributed by atoms with Gasteiger partial charge in [-0.15, -0.1) is 0 Å². The molecule has 0 heterocycles. The van der Waals surface area contributed by atoms with Gasteiger partial charge in [-0.3, -0.25) is 4.79 Å². The summed E-state index contributed by atoms with van der Waals surface area (Å²) in [5.41, 5.74) is 4.13. The van der Waals surface area contributed by atoms with E-state index in [0.717, 1.165) is 22.4 Å². The summed E-state index contributed by atoms with van der Waals surface area (Å²) >= 11 is 0. The van der Waals surface area contributed by atoms with Gasteiger partial charge in [0.15, 0.2) is 0 Å². The number of anilines is 1. The first-order chi connectivity index (χ1) is 13.7. The van der Waals surface area contributed by atoms with Crippen molar-refractivity contribution in [3.05, 3.63) is 58.7 Å². The van der Waals surface area contributed by atoms with E-state index in [9.17, 15) is 18.4 Å². The Morgan fingerprint density at radius 2 is 1.72 bits per heavy atom. The number of hydrogen-bond acceptors (Lipinski definition) is 3. The zero-order valence-electron chi connectivity index (χ0n) is 16.9. The summed E-state index contributed by atoms with van der Waals surface area (Å²) in [4.78, 5) is 25.8. The van der Waals surface area contributed by atoms with Gasteiger partial charge >= 0.3 is 12.6 Å². The van der Waals surface area contributed by atoms with Crippen molar-refractivity contribution in [2.24, 2.45) is 0 Å². The molecule has 156 valence electrons. The van der Waals surface area contributed by atoms with Crippen LogP contribution in [0.2, 0.25) is 0 Å². The van der Waals surface area contributed by atoms with Crippen LogP contribution in [0.1, 0.15) is 22.3 Å². The second kappa shape index (κ2) is 9.86. The van der Waals surface area contributed by atoms with E-state index in [-0.39, 0.29) is 24.7 Å². The number of nitrogens with one attached hydrogen (secondary N) is 2. The number of aryl methyl sites for hydroxylation is 3. The first-order valence-electron chi connectivity index (χ1n) is 9.06. The molecule has 2 aromatic rings.